The van der Waals surface area contributed by atoms with Crippen LogP contribution in [0.5, 0.6) is 0 Å². The average molecular weight is 298 g/mol. The molecule has 4 rings (SSSR count). The number of rotatable bonds is 4. The first-order valence-corrected chi connectivity index (χ1v) is 7.87. The van der Waals surface area contributed by atoms with E-state index < -0.39 is 0 Å². The summed E-state index contributed by atoms with van der Waals surface area (Å²) in [5.41, 5.74) is 1.65. The molecule has 0 aromatic carbocycles. The lowest BCUT2D eigenvalue weighted by atomic mass is 10.3. The smallest absolute Gasteiger partial charge is 0.274 e. The van der Waals surface area contributed by atoms with E-state index in [4.69, 9.17) is 0 Å². The van der Waals surface area contributed by atoms with Crippen LogP contribution in [0, 0.1) is 0 Å². The zero-order valence-corrected chi connectivity index (χ0v) is 12.2. The molecule has 0 atom stereocenters. The van der Waals surface area contributed by atoms with Gasteiger partial charge in [-0.05, 0) is 41.3 Å². The molecule has 1 saturated carbocycles. The number of hydrogen-bond acceptors (Lipinski definition) is 4. The quantitative estimate of drug-likeness (QED) is 0.744. The first-order chi connectivity index (χ1) is 10.3. The number of thiophene rings is 1. The van der Waals surface area contributed by atoms with Crippen LogP contribution in [-0.2, 0) is 6.54 Å². The molecule has 0 bridgehead atoms. The van der Waals surface area contributed by atoms with E-state index in [2.05, 4.69) is 21.4 Å². The van der Waals surface area contributed by atoms with Crippen molar-refractivity contribution in [2.24, 2.45) is 0 Å². The minimum Gasteiger partial charge on any atom is -0.330 e. The highest BCUT2D eigenvalue weighted by atomic mass is 32.1. The van der Waals surface area contributed by atoms with Gasteiger partial charge in [0.1, 0.15) is 5.69 Å². The molecule has 6 heteroatoms. The van der Waals surface area contributed by atoms with E-state index in [1.54, 1.807) is 28.1 Å². The van der Waals surface area contributed by atoms with E-state index in [0.717, 1.165) is 12.8 Å². The number of nitrogens with zero attached hydrogens (tertiary/aromatic N) is 4. The third-order valence-electron chi connectivity index (χ3n) is 3.64. The standard InChI is InChI=1S/C15H14N4OS/c20-14(13-9-18-6-1-5-16-15(18)17-13)19(12-2-3-12)8-11-4-7-21-10-11/h1,4-7,9-10,12H,2-3,8H2. The van der Waals surface area contributed by atoms with Gasteiger partial charge in [0.25, 0.3) is 5.91 Å². The highest BCUT2D eigenvalue weighted by molar-refractivity contribution is 7.07. The Morgan fingerprint density at radius 2 is 2.38 bits per heavy atom. The summed E-state index contributed by atoms with van der Waals surface area (Å²) < 4.78 is 1.78. The van der Waals surface area contributed by atoms with Crippen molar-refractivity contribution in [2.75, 3.05) is 0 Å². The van der Waals surface area contributed by atoms with Crippen LogP contribution in [-0.4, -0.2) is 31.2 Å². The summed E-state index contributed by atoms with van der Waals surface area (Å²) in [6, 6.07) is 4.25. The Hall–Kier alpha value is -2.21. The molecule has 1 aliphatic rings. The van der Waals surface area contributed by atoms with Gasteiger partial charge in [0, 0.05) is 31.2 Å². The molecule has 3 aromatic heterocycles. The predicted octanol–water partition coefficient (Wildman–Crippen LogP) is 2.60. The number of hydrogen-bond donors (Lipinski definition) is 0. The van der Waals surface area contributed by atoms with Crippen LogP contribution in [0.2, 0.25) is 0 Å². The van der Waals surface area contributed by atoms with E-state index in [0.29, 0.717) is 24.1 Å². The van der Waals surface area contributed by atoms with Gasteiger partial charge in [-0.3, -0.25) is 9.20 Å². The van der Waals surface area contributed by atoms with E-state index in [1.165, 1.54) is 5.56 Å². The van der Waals surface area contributed by atoms with Crippen molar-refractivity contribution in [3.63, 3.8) is 0 Å². The van der Waals surface area contributed by atoms with Crippen molar-refractivity contribution in [3.05, 3.63) is 52.7 Å². The topological polar surface area (TPSA) is 50.5 Å². The van der Waals surface area contributed by atoms with Crippen molar-refractivity contribution in [1.82, 2.24) is 19.3 Å². The van der Waals surface area contributed by atoms with Gasteiger partial charge in [-0.25, -0.2) is 9.97 Å². The zero-order chi connectivity index (χ0) is 14.2. The SMILES string of the molecule is O=C(c1cn2cccnc2n1)N(Cc1ccsc1)C1CC1. The van der Waals surface area contributed by atoms with Crippen LogP contribution in [0.15, 0.2) is 41.5 Å². The molecule has 5 nitrogen and oxygen atoms in total. The largest absolute Gasteiger partial charge is 0.330 e. The molecule has 106 valence electrons. The summed E-state index contributed by atoms with van der Waals surface area (Å²) in [4.78, 5) is 23.2. The second-order valence-electron chi connectivity index (χ2n) is 5.25. The second kappa shape index (κ2) is 4.96. The van der Waals surface area contributed by atoms with Crippen molar-refractivity contribution < 1.29 is 4.79 Å². The molecular weight excluding hydrogens is 284 g/mol. The maximum atomic E-state index is 12.7. The number of carbonyl (C=O) groups excluding carboxylic acids is 1. The Balaban J connectivity index is 1.64. The summed E-state index contributed by atoms with van der Waals surface area (Å²) in [5, 5.41) is 4.13. The number of carbonyl (C=O) groups is 1. The van der Waals surface area contributed by atoms with Crippen molar-refractivity contribution in [1.29, 1.82) is 0 Å². The summed E-state index contributed by atoms with van der Waals surface area (Å²) in [6.45, 7) is 0.661. The van der Waals surface area contributed by atoms with Crippen LogP contribution in [0.1, 0.15) is 28.9 Å². The van der Waals surface area contributed by atoms with Gasteiger partial charge in [0.2, 0.25) is 5.78 Å². The molecule has 3 aromatic rings. The minimum atomic E-state index is -0.00537. The molecule has 0 spiro atoms. The Bertz CT molecular complexity index is 743. The number of aromatic nitrogens is 3. The maximum Gasteiger partial charge on any atom is 0.274 e. The first kappa shape index (κ1) is 12.5. The molecule has 0 radical (unpaired) electrons. The second-order valence-corrected chi connectivity index (χ2v) is 6.03. The normalized spacial score (nSPS) is 14.5. The summed E-state index contributed by atoms with van der Waals surface area (Å²) in [5.74, 6) is 0.557. The fourth-order valence-electron chi connectivity index (χ4n) is 2.41. The fourth-order valence-corrected chi connectivity index (χ4v) is 3.07. The molecule has 0 aliphatic heterocycles. The number of fused-ring (bicyclic) bond motifs is 1. The highest BCUT2D eigenvalue weighted by Gasteiger charge is 2.34. The van der Waals surface area contributed by atoms with E-state index >= 15 is 0 Å². The first-order valence-electron chi connectivity index (χ1n) is 6.93. The van der Waals surface area contributed by atoms with Gasteiger partial charge >= 0.3 is 0 Å². The van der Waals surface area contributed by atoms with Gasteiger partial charge in [-0.1, -0.05) is 0 Å². The van der Waals surface area contributed by atoms with E-state index in [9.17, 15) is 4.79 Å². The number of imidazole rings is 1. The Morgan fingerprint density at radius 3 is 3.10 bits per heavy atom. The van der Waals surface area contributed by atoms with Crippen LogP contribution >= 0.6 is 11.3 Å². The van der Waals surface area contributed by atoms with Gasteiger partial charge in [0.05, 0.1) is 0 Å². The fraction of sp³-hybridized carbons (Fsp3) is 0.267. The molecule has 0 unspecified atom stereocenters. The molecule has 3 heterocycles. The maximum absolute atomic E-state index is 12.7. The third kappa shape index (κ3) is 2.42. The van der Waals surface area contributed by atoms with Crippen LogP contribution in [0.25, 0.3) is 5.78 Å². The molecule has 21 heavy (non-hydrogen) atoms. The summed E-state index contributed by atoms with van der Waals surface area (Å²) in [6.07, 6.45) is 7.46. The van der Waals surface area contributed by atoms with Crippen molar-refractivity contribution in [2.45, 2.75) is 25.4 Å². The molecular formula is C15H14N4OS. The number of amides is 1. The molecule has 1 amide bonds. The van der Waals surface area contributed by atoms with Crippen molar-refractivity contribution >= 4 is 23.0 Å². The minimum absolute atomic E-state index is 0.00537. The average Bonchev–Trinajstić information content (AvgIpc) is 3.04. The Morgan fingerprint density at radius 1 is 1.48 bits per heavy atom. The molecule has 0 saturated heterocycles. The van der Waals surface area contributed by atoms with Crippen LogP contribution in [0.4, 0.5) is 0 Å². The molecule has 1 fully saturated rings. The molecule has 0 N–H and O–H groups in total. The monoisotopic (exact) mass is 298 g/mol. The Kier molecular flexibility index (Phi) is 2.96. The lowest BCUT2D eigenvalue weighted by Crippen LogP contribution is -2.32. The van der Waals surface area contributed by atoms with Crippen LogP contribution in [0.3, 0.4) is 0 Å². The third-order valence-corrected chi connectivity index (χ3v) is 4.37. The zero-order valence-electron chi connectivity index (χ0n) is 11.3. The summed E-state index contributed by atoms with van der Waals surface area (Å²) in [7, 11) is 0. The van der Waals surface area contributed by atoms with Crippen LogP contribution < -0.4 is 0 Å². The van der Waals surface area contributed by atoms with Gasteiger partial charge < -0.3 is 4.90 Å². The van der Waals surface area contributed by atoms with Crippen molar-refractivity contribution in [3.8, 4) is 0 Å². The molecule has 1 aliphatic carbocycles. The van der Waals surface area contributed by atoms with Gasteiger partial charge in [-0.2, -0.15) is 11.3 Å². The van der Waals surface area contributed by atoms with Gasteiger partial charge in [0.15, 0.2) is 0 Å². The van der Waals surface area contributed by atoms with Gasteiger partial charge in [-0.15, -0.1) is 0 Å². The Labute approximate surface area is 125 Å². The van der Waals surface area contributed by atoms with E-state index in [-0.39, 0.29) is 5.91 Å². The lowest BCUT2D eigenvalue weighted by molar-refractivity contribution is 0.0725. The highest BCUT2D eigenvalue weighted by Crippen LogP contribution is 2.30. The summed E-state index contributed by atoms with van der Waals surface area (Å²) >= 11 is 1.66. The van der Waals surface area contributed by atoms with E-state index in [1.807, 2.05) is 22.5 Å². The predicted molar refractivity (Wildman–Crippen MR) is 80.2 cm³/mol. The lowest BCUT2D eigenvalue weighted by Gasteiger charge is -2.20.